The summed E-state index contributed by atoms with van der Waals surface area (Å²) in [6.07, 6.45) is 0. The molecule has 76 valence electrons. The molecular formula is C10H9Cl3O. The number of hydrogen-bond donors (Lipinski definition) is 0. The number of carbonyl (C=O) groups is 1. The van der Waals surface area contributed by atoms with Gasteiger partial charge in [-0.1, -0.05) is 23.2 Å². The van der Waals surface area contributed by atoms with Crippen molar-refractivity contribution in [2.45, 2.75) is 19.3 Å². The van der Waals surface area contributed by atoms with Crippen molar-refractivity contribution in [2.24, 2.45) is 0 Å². The number of hydrogen-bond acceptors (Lipinski definition) is 1. The molecule has 1 aromatic carbocycles. The number of halogens is 3. The minimum atomic E-state index is -0.816. The number of benzene rings is 1. The largest absolute Gasteiger partial charge is 0.280 e. The molecule has 0 spiro atoms. The molecule has 0 fully saturated rings. The fourth-order valence-electron chi connectivity index (χ4n) is 1.08. The van der Waals surface area contributed by atoms with E-state index in [-0.39, 0.29) is 0 Å². The van der Waals surface area contributed by atoms with Gasteiger partial charge in [0.15, 0.2) is 0 Å². The maximum Gasteiger partial charge on any atom is 0.231 e. The van der Waals surface area contributed by atoms with Crippen LogP contribution >= 0.6 is 34.8 Å². The lowest BCUT2D eigenvalue weighted by atomic mass is 9.86. The molecule has 0 aliphatic heterocycles. The maximum atomic E-state index is 11.2. The molecule has 0 radical (unpaired) electrons. The zero-order valence-corrected chi connectivity index (χ0v) is 10.0. The second kappa shape index (κ2) is 4.09. The standard InChI is InChI=1S/C10H9Cl3O/c1-10(2,9(13)14)7-5-6(11)3-4-8(7)12/h3-5H,1-2H3. The molecule has 0 N–H and O–H groups in total. The molecule has 0 aliphatic rings. The van der Waals surface area contributed by atoms with Crippen molar-refractivity contribution in [3.8, 4) is 0 Å². The van der Waals surface area contributed by atoms with Gasteiger partial charge in [-0.05, 0) is 49.2 Å². The fraction of sp³-hybridized carbons (Fsp3) is 0.300. The first-order chi connectivity index (χ1) is 6.35. The summed E-state index contributed by atoms with van der Waals surface area (Å²) in [5.41, 5.74) is -0.171. The van der Waals surface area contributed by atoms with Crippen LogP contribution in [0.5, 0.6) is 0 Å². The molecule has 0 aromatic heterocycles. The molecule has 0 amide bonds. The Morgan fingerprint density at radius 2 is 1.86 bits per heavy atom. The highest BCUT2D eigenvalue weighted by Crippen LogP contribution is 2.33. The first kappa shape index (κ1) is 11.8. The monoisotopic (exact) mass is 250 g/mol. The molecule has 0 aliphatic carbocycles. The van der Waals surface area contributed by atoms with Crippen LogP contribution in [0.15, 0.2) is 18.2 Å². The van der Waals surface area contributed by atoms with E-state index < -0.39 is 10.7 Å². The normalized spacial score (nSPS) is 11.5. The highest BCUT2D eigenvalue weighted by Gasteiger charge is 2.30. The van der Waals surface area contributed by atoms with E-state index in [2.05, 4.69) is 0 Å². The van der Waals surface area contributed by atoms with Gasteiger partial charge in [-0.3, -0.25) is 4.79 Å². The van der Waals surface area contributed by atoms with Gasteiger partial charge in [0, 0.05) is 10.0 Å². The van der Waals surface area contributed by atoms with E-state index in [9.17, 15) is 4.79 Å². The molecule has 1 nitrogen and oxygen atoms in total. The lowest BCUT2D eigenvalue weighted by Crippen LogP contribution is -2.25. The summed E-state index contributed by atoms with van der Waals surface area (Å²) < 4.78 is 0. The third-order valence-electron chi connectivity index (χ3n) is 2.09. The van der Waals surface area contributed by atoms with Crippen molar-refractivity contribution in [1.29, 1.82) is 0 Å². The van der Waals surface area contributed by atoms with Crippen LogP contribution < -0.4 is 0 Å². The van der Waals surface area contributed by atoms with Gasteiger partial charge in [0.1, 0.15) is 0 Å². The molecule has 0 unspecified atom stereocenters. The second-order valence-corrected chi connectivity index (χ2v) is 4.71. The third kappa shape index (κ3) is 2.22. The van der Waals surface area contributed by atoms with Crippen molar-refractivity contribution in [3.05, 3.63) is 33.8 Å². The molecule has 1 rings (SSSR count). The van der Waals surface area contributed by atoms with Crippen LogP contribution in [0.3, 0.4) is 0 Å². The number of rotatable bonds is 2. The van der Waals surface area contributed by atoms with Gasteiger partial charge in [0.2, 0.25) is 5.24 Å². The van der Waals surface area contributed by atoms with Crippen LogP contribution in [0.2, 0.25) is 10.0 Å². The minimum Gasteiger partial charge on any atom is -0.280 e. The van der Waals surface area contributed by atoms with E-state index in [0.717, 1.165) is 0 Å². The lowest BCUT2D eigenvalue weighted by molar-refractivity contribution is -0.115. The van der Waals surface area contributed by atoms with Crippen LogP contribution in [0.25, 0.3) is 0 Å². The molecule has 0 bridgehead atoms. The smallest absolute Gasteiger partial charge is 0.231 e. The zero-order chi connectivity index (χ0) is 10.9. The molecule has 0 saturated heterocycles. The summed E-state index contributed by atoms with van der Waals surface area (Å²) in [5, 5.41) is 0.574. The van der Waals surface area contributed by atoms with E-state index >= 15 is 0 Å². The molecule has 0 saturated carbocycles. The van der Waals surface area contributed by atoms with Crippen LogP contribution in [0, 0.1) is 0 Å². The topological polar surface area (TPSA) is 17.1 Å². The van der Waals surface area contributed by atoms with E-state index in [0.29, 0.717) is 15.6 Å². The highest BCUT2D eigenvalue weighted by atomic mass is 35.5. The lowest BCUT2D eigenvalue weighted by Gasteiger charge is -2.21. The Labute approximate surface area is 98.0 Å². The van der Waals surface area contributed by atoms with E-state index in [1.807, 2.05) is 0 Å². The summed E-state index contributed by atoms with van der Waals surface area (Å²) in [6, 6.07) is 4.98. The highest BCUT2D eigenvalue weighted by molar-refractivity contribution is 6.65. The molecule has 0 heterocycles. The predicted octanol–water partition coefficient (Wildman–Crippen LogP) is 4.04. The predicted molar refractivity (Wildman–Crippen MR) is 60.3 cm³/mol. The van der Waals surface area contributed by atoms with Crippen LogP contribution in [0.1, 0.15) is 19.4 Å². The van der Waals surface area contributed by atoms with Crippen molar-refractivity contribution in [3.63, 3.8) is 0 Å². The molecular weight excluding hydrogens is 242 g/mol. The number of carbonyl (C=O) groups excluding carboxylic acids is 1. The van der Waals surface area contributed by atoms with E-state index in [4.69, 9.17) is 34.8 Å². The van der Waals surface area contributed by atoms with Crippen molar-refractivity contribution >= 4 is 40.0 Å². The third-order valence-corrected chi connectivity index (χ3v) is 3.13. The maximum absolute atomic E-state index is 11.2. The quantitative estimate of drug-likeness (QED) is 0.725. The van der Waals surface area contributed by atoms with Crippen LogP contribution in [0.4, 0.5) is 0 Å². The Morgan fingerprint density at radius 3 is 2.36 bits per heavy atom. The van der Waals surface area contributed by atoms with E-state index in [1.165, 1.54) is 0 Å². The average molecular weight is 252 g/mol. The average Bonchev–Trinajstić information content (AvgIpc) is 2.08. The molecule has 14 heavy (non-hydrogen) atoms. The first-order valence-electron chi connectivity index (χ1n) is 4.01. The van der Waals surface area contributed by atoms with Gasteiger partial charge in [0.05, 0.1) is 5.41 Å². The molecule has 1 aromatic rings. The van der Waals surface area contributed by atoms with Gasteiger partial charge in [-0.2, -0.15) is 0 Å². The molecule has 4 heteroatoms. The summed E-state index contributed by atoms with van der Waals surface area (Å²) >= 11 is 17.3. The van der Waals surface area contributed by atoms with Gasteiger partial charge in [-0.15, -0.1) is 0 Å². The summed E-state index contributed by atoms with van der Waals surface area (Å²) in [6.45, 7) is 3.42. The first-order valence-corrected chi connectivity index (χ1v) is 5.14. The van der Waals surface area contributed by atoms with E-state index in [1.54, 1.807) is 32.0 Å². The van der Waals surface area contributed by atoms with Gasteiger partial charge >= 0.3 is 0 Å². The second-order valence-electron chi connectivity index (χ2n) is 3.52. The Balaban J connectivity index is 3.31. The zero-order valence-electron chi connectivity index (χ0n) is 7.77. The van der Waals surface area contributed by atoms with Gasteiger partial charge < -0.3 is 0 Å². The Morgan fingerprint density at radius 1 is 1.29 bits per heavy atom. The van der Waals surface area contributed by atoms with Gasteiger partial charge in [-0.25, -0.2) is 0 Å². The van der Waals surface area contributed by atoms with Crippen molar-refractivity contribution in [2.75, 3.05) is 0 Å². The van der Waals surface area contributed by atoms with Crippen LogP contribution in [-0.4, -0.2) is 5.24 Å². The Hall–Kier alpha value is -0.240. The van der Waals surface area contributed by atoms with Gasteiger partial charge in [0.25, 0.3) is 0 Å². The molecule has 0 atom stereocenters. The SMILES string of the molecule is CC(C)(C(=O)Cl)c1cc(Cl)ccc1Cl. The van der Waals surface area contributed by atoms with Crippen molar-refractivity contribution in [1.82, 2.24) is 0 Å². The summed E-state index contributed by atoms with van der Waals surface area (Å²) in [5.74, 6) is 0. The van der Waals surface area contributed by atoms with Crippen LogP contribution in [-0.2, 0) is 10.2 Å². The Kier molecular flexibility index (Phi) is 3.46. The fourth-order valence-corrected chi connectivity index (χ4v) is 1.71. The summed E-state index contributed by atoms with van der Waals surface area (Å²) in [4.78, 5) is 11.2. The minimum absolute atomic E-state index is 0.457. The Bertz CT molecular complexity index is 372. The summed E-state index contributed by atoms with van der Waals surface area (Å²) in [7, 11) is 0. The van der Waals surface area contributed by atoms with Crippen molar-refractivity contribution < 1.29 is 4.79 Å².